The Bertz CT molecular complexity index is 691. The Morgan fingerprint density at radius 1 is 1.52 bits per heavy atom. The molecule has 1 aliphatic rings. The van der Waals surface area contributed by atoms with Gasteiger partial charge in [-0.3, -0.25) is 19.1 Å². The highest BCUT2D eigenvalue weighted by atomic mass is 79.9. The Balaban J connectivity index is 2.23. The number of aromatic amines is 1. The maximum Gasteiger partial charge on any atom is 0.328 e. The first-order valence-electron chi connectivity index (χ1n) is 6.34. The van der Waals surface area contributed by atoms with Gasteiger partial charge in [0, 0.05) is 12.2 Å². The van der Waals surface area contributed by atoms with Gasteiger partial charge in [0.1, 0.15) is 12.6 Å². The first-order chi connectivity index (χ1) is 9.81. The van der Waals surface area contributed by atoms with Gasteiger partial charge in [-0.2, -0.15) is 0 Å². The summed E-state index contributed by atoms with van der Waals surface area (Å²) in [7, 11) is 0. The molecule has 0 spiro atoms. The van der Waals surface area contributed by atoms with Gasteiger partial charge in [-0.25, -0.2) is 9.59 Å². The fourth-order valence-corrected chi connectivity index (χ4v) is 2.38. The van der Waals surface area contributed by atoms with E-state index in [1.54, 1.807) is 0 Å². The molecule has 2 N–H and O–H groups in total. The zero-order valence-electron chi connectivity index (χ0n) is 11.2. The van der Waals surface area contributed by atoms with E-state index in [2.05, 4.69) is 20.9 Å². The number of nitrogens with zero attached hydrogens (tertiary/aromatic N) is 2. The Morgan fingerprint density at radius 3 is 2.67 bits per heavy atom. The molecular weight excluding hydrogens is 346 g/mol. The first kappa shape index (κ1) is 15.5. The van der Waals surface area contributed by atoms with Crippen molar-refractivity contribution >= 4 is 27.8 Å². The smallest absolute Gasteiger partial charge is 0.328 e. The predicted octanol–water partition coefficient (Wildman–Crippen LogP) is -0.237. The predicted molar refractivity (Wildman–Crippen MR) is 76.0 cm³/mol. The molecule has 1 unspecified atom stereocenters. The molecule has 8 nitrogen and oxygen atoms in total. The second-order valence-corrected chi connectivity index (χ2v) is 5.76. The van der Waals surface area contributed by atoms with Crippen molar-refractivity contribution in [1.82, 2.24) is 14.5 Å². The monoisotopic (exact) mass is 359 g/mol. The number of halogens is 1. The lowest BCUT2D eigenvalue weighted by Gasteiger charge is -2.26. The molecule has 1 aromatic rings. The average molecular weight is 360 g/mol. The van der Waals surface area contributed by atoms with Gasteiger partial charge in [0.05, 0.1) is 4.47 Å². The van der Waals surface area contributed by atoms with Crippen LogP contribution >= 0.6 is 15.9 Å². The number of hydrogen-bond acceptors (Lipinski definition) is 4. The molecule has 0 aromatic carbocycles. The minimum atomic E-state index is -1.09. The summed E-state index contributed by atoms with van der Waals surface area (Å²) in [5.74, 6) is -1.56. The summed E-state index contributed by atoms with van der Waals surface area (Å²) in [6.45, 7) is 1.12. The van der Waals surface area contributed by atoms with Gasteiger partial charge in [-0.15, -0.1) is 0 Å². The molecule has 9 heteroatoms. The fourth-order valence-electron chi connectivity index (χ4n) is 2.04. The van der Waals surface area contributed by atoms with Crippen LogP contribution in [0.25, 0.3) is 0 Å². The summed E-state index contributed by atoms with van der Waals surface area (Å²) >= 11 is 2.98. The summed E-state index contributed by atoms with van der Waals surface area (Å²) in [6, 6.07) is -1.04. The average Bonchev–Trinajstić information content (AvgIpc) is 3.20. The second-order valence-electron chi connectivity index (χ2n) is 4.91. The first-order valence-corrected chi connectivity index (χ1v) is 7.13. The molecule has 1 atom stereocenters. The molecule has 2 rings (SSSR count). The third kappa shape index (κ3) is 3.41. The van der Waals surface area contributed by atoms with E-state index in [1.807, 2.05) is 0 Å². The van der Waals surface area contributed by atoms with Gasteiger partial charge in [-0.05, 0) is 35.7 Å². The number of carbonyl (C=O) groups is 2. The Morgan fingerprint density at radius 2 is 2.14 bits per heavy atom. The topological polar surface area (TPSA) is 112 Å². The van der Waals surface area contributed by atoms with Crippen LogP contribution in [0.2, 0.25) is 0 Å². The summed E-state index contributed by atoms with van der Waals surface area (Å²) in [4.78, 5) is 49.6. The number of carboxylic acids is 1. The number of H-pyrrole nitrogens is 1. The van der Waals surface area contributed by atoms with E-state index in [4.69, 9.17) is 5.11 Å². The summed E-state index contributed by atoms with van der Waals surface area (Å²) in [5, 5.41) is 9.06. The van der Waals surface area contributed by atoms with E-state index >= 15 is 0 Å². The van der Waals surface area contributed by atoms with Crippen molar-refractivity contribution in [2.45, 2.75) is 38.4 Å². The minimum Gasteiger partial charge on any atom is -0.480 e. The van der Waals surface area contributed by atoms with Crippen LogP contribution in [0, 0.1) is 0 Å². The molecule has 1 heterocycles. The van der Waals surface area contributed by atoms with Gasteiger partial charge in [0.2, 0.25) is 5.91 Å². The minimum absolute atomic E-state index is 0.0921. The molecule has 1 amide bonds. The highest BCUT2D eigenvalue weighted by molar-refractivity contribution is 9.10. The largest absolute Gasteiger partial charge is 0.480 e. The number of nitrogens with one attached hydrogen (secondary N) is 1. The fraction of sp³-hybridized carbons (Fsp3) is 0.500. The number of carboxylic acid groups (broad SMARTS) is 1. The van der Waals surface area contributed by atoms with Crippen molar-refractivity contribution in [2.24, 2.45) is 0 Å². The van der Waals surface area contributed by atoms with Gasteiger partial charge < -0.3 is 10.0 Å². The lowest BCUT2D eigenvalue weighted by Crippen LogP contribution is -2.47. The van der Waals surface area contributed by atoms with Crippen LogP contribution in [0.4, 0.5) is 0 Å². The maximum atomic E-state index is 12.3. The van der Waals surface area contributed by atoms with E-state index in [9.17, 15) is 19.2 Å². The highest BCUT2D eigenvalue weighted by Crippen LogP contribution is 2.29. The van der Waals surface area contributed by atoms with Crippen LogP contribution in [0.1, 0.15) is 19.8 Å². The molecule has 1 fully saturated rings. The number of rotatable bonds is 5. The molecule has 114 valence electrons. The number of amides is 1. The van der Waals surface area contributed by atoms with E-state index in [0.29, 0.717) is 0 Å². The van der Waals surface area contributed by atoms with Crippen molar-refractivity contribution in [3.05, 3.63) is 31.5 Å². The third-order valence-corrected chi connectivity index (χ3v) is 3.84. The Kier molecular flexibility index (Phi) is 4.31. The van der Waals surface area contributed by atoms with E-state index in [1.165, 1.54) is 18.0 Å². The van der Waals surface area contributed by atoms with E-state index < -0.39 is 29.2 Å². The Labute approximate surface area is 127 Å². The molecule has 0 aliphatic heterocycles. The van der Waals surface area contributed by atoms with Crippen molar-refractivity contribution < 1.29 is 14.7 Å². The number of aromatic nitrogens is 2. The van der Waals surface area contributed by atoms with Crippen LogP contribution in [-0.4, -0.2) is 43.5 Å². The lowest BCUT2D eigenvalue weighted by atomic mass is 10.2. The molecule has 1 aliphatic carbocycles. The molecular formula is C12H14BrN3O5. The Hall–Kier alpha value is -1.90. The van der Waals surface area contributed by atoms with Crippen LogP contribution in [0.5, 0.6) is 0 Å². The zero-order valence-corrected chi connectivity index (χ0v) is 12.8. The van der Waals surface area contributed by atoms with Gasteiger partial charge in [-0.1, -0.05) is 0 Å². The van der Waals surface area contributed by atoms with Crippen LogP contribution in [0.15, 0.2) is 20.3 Å². The van der Waals surface area contributed by atoms with Gasteiger partial charge in [0.25, 0.3) is 5.56 Å². The zero-order chi connectivity index (χ0) is 15.7. The van der Waals surface area contributed by atoms with Gasteiger partial charge >= 0.3 is 11.7 Å². The van der Waals surface area contributed by atoms with Crippen molar-refractivity contribution in [1.29, 1.82) is 0 Å². The van der Waals surface area contributed by atoms with Crippen molar-refractivity contribution in [2.75, 3.05) is 0 Å². The van der Waals surface area contributed by atoms with Gasteiger partial charge in [0.15, 0.2) is 0 Å². The van der Waals surface area contributed by atoms with Crippen LogP contribution in [0.3, 0.4) is 0 Å². The standard InChI is InChI=1S/C12H14BrN3O5/c1-6(11(19)20)16(7-2-3-7)9(17)5-15-4-8(13)10(18)14-12(15)21/h4,6-7H,2-3,5H2,1H3,(H,19,20)(H,14,18,21). The molecule has 0 bridgehead atoms. The molecule has 0 radical (unpaired) electrons. The maximum absolute atomic E-state index is 12.3. The highest BCUT2D eigenvalue weighted by Gasteiger charge is 2.38. The second kappa shape index (κ2) is 5.84. The normalized spacial score (nSPS) is 15.5. The number of carbonyl (C=O) groups excluding carboxylic acids is 1. The molecule has 0 saturated heterocycles. The SMILES string of the molecule is CC(C(=O)O)N(C(=O)Cn1cc(Br)c(=O)[nH]c1=O)C1CC1. The summed E-state index contributed by atoms with van der Waals surface area (Å²) in [5.41, 5.74) is -1.29. The van der Waals surface area contributed by atoms with Crippen molar-refractivity contribution in [3.8, 4) is 0 Å². The number of aliphatic carboxylic acids is 1. The summed E-state index contributed by atoms with van der Waals surface area (Å²) in [6.07, 6.45) is 2.73. The molecule has 1 saturated carbocycles. The summed E-state index contributed by atoms with van der Waals surface area (Å²) < 4.78 is 1.16. The third-order valence-electron chi connectivity index (χ3n) is 3.28. The molecule has 1 aromatic heterocycles. The van der Waals surface area contributed by atoms with Crippen LogP contribution in [-0.2, 0) is 16.1 Å². The molecule has 21 heavy (non-hydrogen) atoms. The quantitative estimate of drug-likeness (QED) is 0.753. The number of hydrogen-bond donors (Lipinski definition) is 2. The lowest BCUT2D eigenvalue weighted by molar-refractivity contribution is -0.150. The van der Waals surface area contributed by atoms with Crippen LogP contribution < -0.4 is 11.2 Å². The van der Waals surface area contributed by atoms with E-state index in [0.717, 1.165) is 17.4 Å². The van der Waals surface area contributed by atoms with Crippen molar-refractivity contribution in [3.63, 3.8) is 0 Å². The van der Waals surface area contributed by atoms with E-state index in [-0.39, 0.29) is 17.1 Å².